The van der Waals surface area contributed by atoms with Crippen molar-refractivity contribution in [3.8, 4) is 0 Å². The normalized spacial score (nSPS) is 23.0. The lowest BCUT2D eigenvalue weighted by Gasteiger charge is -2.28. The molecule has 0 saturated carbocycles. The first kappa shape index (κ1) is 18.9. The number of hydrogen-bond donors (Lipinski definition) is 2. The van der Waals surface area contributed by atoms with Crippen LogP contribution in [0.4, 0.5) is 11.4 Å². The number of benzene rings is 1. The monoisotopic (exact) mass is 358 g/mol. The van der Waals surface area contributed by atoms with Gasteiger partial charge in [-0.1, -0.05) is 33.4 Å². The molecule has 142 valence electrons. The summed E-state index contributed by atoms with van der Waals surface area (Å²) in [6.07, 6.45) is 3.48. The highest BCUT2D eigenvalue weighted by molar-refractivity contribution is 5.96. The van der Waals surface area contributed by atoms with Crippen LogP contribution >= 0.6 is 0 Å². The molecule has 1 aromatic carbocycles. The molecule has 2 aliphatic rings. The second-order valence-corrected chi connectivity index (χ2v) is 8.12. The molecular weight excluding hydrogens is 328 g/mol. The van der Waals surface area contributed by atoms with Crippen molar-refractivity contribution in [1.82, 2.24) is 0 Å². The largest absolute Gasteiger partial charge is 0.372 e. The van der Waals surface area contributed by atoms with Gasteiger partial charge >= 0.3 is 0 Å². The molecule has 2 heterocycles. The van der Waals surface area contributed by atoms with Crippen molar-refractivity contribution in [1.29, 1.82) is 0 Å². The molecule has 2 aliphatic heterocycles. The zero-order valence-electron chi connectivity index (χ0n) is 16.1. The van der Waals surface area contributed by atoms with Crippen LogP contribution in [0.3, 0.4) is 0 Å². The van der Waals surface area contributed by atoms with Gasteiger partial charge in [0.2, 0.25) is 0 Å². The van der Waals surface area contributed by atoms with Gasteiger partial charge in [0, 0.05) is 35.8 Å². The number of carbonyl (C=O) groups is 1. The van der Waals surface area contributed by atoms with E-state index in [-0.39, 0.29) is 23.5 Å². The summed E-state index contributed by atoms with van der Waals surface area (Å²) in [4.78, 5) is 12.5. The van der Waals surface area contributed by atoms with Gasteiger partial charge in [0.15, 0.2) is 0 Å². The summed E-state index contributed by atoms with van der Waals surface area (Å²) in [5.74, 6) is -0.0666. The van der Waals surface area contributed by atoms with Crippen molar-refractivity contribution in [2.24, 2.45) is 0 Å². The molecule has 0 aromatic heterocycles. The number of carbonyl (C=O) groups excluding carboxylic acids is 1. The van der Waals surface area contributed by atoms with Crippen LogP contribution in [0.25, 0.3) is 0 Å². The van der Waals surface area contributed by atoms with Crippen molar-refractivity contribution in [2.75, 3.05) is 23.8 Å². The number of amides is 1. The van der Waals surface area contributed by atoms with Crippen LogP contribution in [-0.2, 0) is 19.7 Å². The maximum Gasteiger partial charge on any atom is 0.253 e. The fourth-order valence-electron chi connectivity index (χ4n) is 3.67. The van der Waals surface area contributed by atoms with Crippen LogP contribution in [0, 0.1) is 0 Å². The Balaban J connectivity index is 1.84. The minimum Gasteiger partial charge on any atom is -0.372 e. The van der Waals surface area contributed by atoms with E-state index in [1.807, 2.05) is 18.2 Å². The van der Waals surface area contributed by atoms with Gasteiger partial charge in [0.1, 0.15) is 6.10 Å². The van der Waals surface area contributed by atoms with Crippen LogP contribution in [0.5, 0.6) is 0 Å². The van der Waals surface area contributed by atoms with Gasteiger partial charge in [-0.3, -0.25) is 4.79 Å². The molecule has 0 aliphatic carbocycles. The van der Waals surface area contributed by atoms with Crippen LogP contribution in [0.1, 0.15) is 52.0 Å². The summed E-state index contributed by atoms with van der Waals surface area (Å²) >= 11 is 0. The van der Waals surface area contributed by atoms with E-state index in [1.165, 1.54) is 0 Å². The average molecular weight is 358 g/mol. The second kappa shape index (κ2) is 7.80. The Morgan fingerprint density at radius 1 is 1.04 bits per heavy atom. The van der Waals surface area contributed by atoms with Gasteiger partial charge in [-0.15, -0.1) is 0 Å². The predicted molar refractivity (Wildman–Crippen MR) is 104 cm³/mol. The molecule has 2 N–H and O–H groups in total. The SMILES string of the molecule is C=C(Nc1cccc(NC(=O)[C@@H]2CCCO2)c1C(C)(C)C)[C@@H]1CCCO1. The first-order chi connectivity index (χ1) is 12.4. The fraction of sp³-hybridized carbons (Fsp3) is 0.571. The molecule has 0 spiro atoms. The Bertz CT molecular complexity index is 618. The van der Waals surface area contributed by atoms with Gasteiger partial charge in [-0.05, 0) is 43.2 Å². The number of nitrogens with one attached hydrogen (secondary N) is 2. The van der Waals surface area contributed by atoms with Gasteiger partial charge < -0.3 is 20.1 Å². The maximum atomic E-state index is 12.5. The lowest BCUT2D eigenvalue weighted by Crippen LogP contribution is -2.29. The molecule has 26 heavy (non-hydrogen) atoms. The van der Waals surface area contributed by atoms with E-state index in [4.69, 9.17) is 9.47 Å². The number of anilines is 2. The summed E-state index contributed by atoms with van der Waals surface area (Å²) in [5.41, 5.74) is 3.56. The predicted octanol–water partition coefficient (Wildman–Crippen LogP) is 4.21. The summed E-state index contributed by atoms with van der Waals surface area (Å²) in [7, 11) is 0. The van der Waals surface area contributed by atoms with Crippen molar-refractivity contribution in [2.45, 2.75) is 64.1 Å². The number of rotatable bonds is 5. The lowest BCUT2D eigenvalue weighted by atomic mass is 9.84. The third-order valence-electron chi connectivity index (χ3n) is 4.91. The highest BCUT2D eigenvalue weighted by Crippen LogP contribution is 2.37. The number of ether oxygens (including phenoxy) is 2. The maximum absolute atomic E-state index is 12.5. The Morgan fingerprint density at radius 2 is 1.62 bits per heavy atom. The molecule has 0 bridgehead atoms. The van der Waals surface area contributed by atoms with Crippen molar-refractivity contribution in [3.05, 3.63) is 36.0 Å². The molecular formula is C21H30N2O3. The number of hydrogen-bond acceptors (Lipinski definition) is 4. The van der Waals surface area contributed by atoms with Crippen molar-refractivity contribution in [3.63, 3.8) is 0 Å². The van der Waals surface area contributed by atoms with Crippen LogP contribution in [0.2, 0.25) is 0 Å². The second-order valence-electron chi connectivity index (χ2n) is 8.12. The zero-order chi connectivity index (χ0) is 18.7. The first-order valence-corrected chi connectivity index (χ1v) is 9.49. The van der Waals surface area contributed by atoms with Gasteiger partial charge in [-0.25, -0.2) is 0 Å². The third kappa shape index (κ3) is 4.27. The van der Waals surface area contributed by atoms with Crippen LogP contribution < -0.4 is 10.6 Å². The standard InChI is InChI=1S/C21H30N2O3/c1-14(17-10-6-12-25-17)22-15-8-5-9-16(19(15)21(2,3)4)23-20(24)18-11-7-13-26-18/h5,8-9,17-18,22H,1,6-7,10-13H2,2-4H3,(H,23,24)/t17-,18-/m0/s1. The molecule has 5 heteroatoms. The zero-order valence-corrected chi connectivity index (χ0v) is 16.1. The van der Waals surface area contributed by atoms with E-state index in [9.17, 15) is 4.79 Å². The minimum atomic E-state index is -0.346. The van der Waals surface area contributed by atoms with E-state index in [2.05, 4.69) is 38.0 Å². The van der Waals surface area contributed by atoms with Crippen molar-refractivity contribution < 1.29 is 14.3 Å². The van der Waals surface area contributed by atoms with E-state index >= 15 is 0 Å². The van der Waals surface area contributed by atoms with Crippen LogP contribution in [0.15, 0.2) is 30.5 Å². The van der Waals surface area contributed by atoms with Gasteiger partial charge in [0.25, 0.3) is 5.91 Å². The fourth-order valence-corrected chi connectivity index (χ4v) is 3.67. The van der Waals surface area contributed by atoms with E-state index in [0.717, 1.165) is 54.9 Å². The Labute approximate surface area is 156 Å². The summed E-state index contributed by atoms with van der Waals surface area (Å²) in [6, 6.07) is 5.93. The highest BCUT2D eigenvalue weighted by atomic mass is 16.5. The molecule has 1 amide bonds. The summed E-state index contributed by atoms with van der Waals surface area (Å²) < 4.78 is 11.2. The van der Waals surface area contributed by atoms with Gasteiger partial charge in [0.05, 0.1) is 6.10 Å². The summed E-state index contributed by atoms with van der Waals surface area (Å²) in [6.45, 7) is 12.0. The topological polar surface area (TPSA) is 59.6 Å². The van der Waals surface area contributed by atoms with Gasteiger partial charge in [-0.2, -0.15) is 0 Å². The molecule has 5 nitrogen and oxygen atoms in total. The molecule has 2 fully saturated rings. The average Bonchev–Trinajstić information content (AvgIpc) is 3.27. The Morgan fingerprint density at radius 3 is 2.15 bits per heavy atom. The molecule has 1 aromatic rings. The minimum absolute atomic E-state index is 0.0490. The third-order valence-corrected chi connectivity index (χ3v) is 4.91. The quantitative estimate of drug-likeness (QED) is 0.828. The Kier molecular flexibility index (Phi) is 5.68. The highest BCUT2D eigenvalue weighted by Gasteiger charge is 2.28. The molecule has 2 saturated heterocycles. The molecule has 2 atom stereocenters. The van der Waals surface area contributed by atoms with E-state index in [1.54, 1.807) is 0 Å². The lowest BCUT2D eigenvalue weighted by molar-refractivity contribution is -0.124. The molecule has 0 radical (unpaired) electrons. The summed E-state index contributed by atoms with van der Waals surface area (Å²) in [5, 5.41) is 6.52. The Hall–Kier alpha value is -1.85. The van der Waals surface area contributed by atoms with Crippen molar-refractivity contribution >= 4 is 17.3 Å². The molecule has 0 unspecified atom stereocenters. The van der Waals surface area contributed by atoms with E-state index < -0.39 is 0 Å². The smallest absolute Gasteiger partial charge is 0.253 e. The van der Waals surface area contributed by atoms with E-state index in [0.29, 0.717) is 6.61 Å². The molecule has 3 rings (SSSR count). The van der Waals surface area contributed by atoms with Crippen LogP contribution in [-0.4, -0.2) is 31.3 Å². The first-order valence-electron chi connectivity index (χ1n) is 9.49.